The number of benzene rings is 1. The lowest BCUT2D eigenvalue weighted by molar-refractivity contribution is 0.508. The first-order valence-electron chi connectivity index (χ1n) is 8.77. The molecule has 0 amide bonds. The number of aryl methyl sites for hydroxylation is 1. The molecule has 1 fully saturated rings. The van der Waals surface area contributed by atoms with Crippen molar-refractivity contribution in [3.8, 4) is 11.5 Å². The normalized spacial score (nSPS) is 15.2. The highest BCUT2D eigenvalue weighted by molar-refractivity contribution is 7.99. The molecule has 26 heavy (non-hydrogen) atoms. The summed E-state index contributed by atoms with van der Waals surface area (Å²) in [4.78, 5) is 0. The van der Waals surface area contributed by atoms with Crippen LogP contribution >= 0.6 is 11.8 Å². The first-order valence-corrected chi connectivity index (χ1v) is 9.64. The van der Waals surface area contributed by atoms with Gasteiger partial charge in [-0.25, -0.2) is 0 Å². The maximum Gasteiger partial charge on any atom is 0.247 e. The van der Waals surface area contributed by atoms with E-state index in [2.05, 4.69) is 38.5 Å². The number of allylic oxidation sites excluding steroid dienone is 1. The summed E-state index contributed by atoms with van der Waals surface area (Å²) in [6.45, 7) is 8.66. The molecule has 0 spiro atoms. The van der Waals surface area contributed by atoms with Gasteiger partial charge >= 0.3 is 0 Å². The monoisotopic (exact) mass is 367 g/mol. The molecule has 7 heteroatoms. The Morgan fingerprint density at radius 3 is 2.69 bits per heavy atom. The zero-order valence-electron chi connectivity index (χ0n) is 14.9. The molecule has 0 N–H and O–H groups in total. The Morgan fingerprint density at radius 1 is 1.23 bits per heavy atom. The van der Waals surface area contributed by atoms with Crippen molar-refractivity contribution in [2.45, 2.75) is 49.6 Å². The number of aromatic nitrogens is 5. The van der Waals surface area contributed by atoms with Crippen LogP contribution in [0.1, 0.15) is 48.2 Å². The molecular weight excluding hydrogens is 346 g/mol. The van der Waals surface area contributed by atoms with Gasteiger partial charge in [0.25, 0.3) is 0 Å². The molecule has 4 rings (SSSR count). The van der Waals surface area contributed by atoms with Crippen LogP contribution in [-0.4, -0.2) is 25.0 Å². The van der Waals surface area contributed by atoms with Gasteiger partial charge in [0.1, 0.15) is 5.82 Å². The van der Waals surface area contributed by atoms with Crippen molar-refractivity contribution >= 4 is 11.8 Å². The third-order valence-corrected chi connectivity index (χ3v) is 5.44. The van der Waals surface area contributed by atoms with E-state index >= 15 is 0 Å². The summed E-state index contributed by atoms with van der Waals surface area (Å²) < 4.78 is 8.03. The molecule has 1 saturated carbocycles. The molecule has 3 aromatic rings. The summed E-state index contributed by atoms with van der Waals surface area (Å²) in [5, 5.41) is 18.0. The van der Waals surface area contributed by atoms with Crippen LogP contribution in [0, 0.1) is 6.92 Å². The van der Waals surface area contributed by atoms with Crippen LogP contribution in [0.5, 0.6) is 0 Å². The Kier molecular flexibility index (Phi) is 4.63. The van der Waals surface area contributed by atoms with Gasteiger partial charge in [0, 0.05) is 18.0 Å². The third-order valence-electron chi connectivity index (χ3n) is 4.37. The highest BCUT2D eigenvalue weighted by atomic mass is 32.2. The molecule has 0 bridgehead atoms. The smallest absolute Gasteiger partial charge is 0.247 e. The summed E-state index contributed by atoms with van der Waals surface area (Å²) >= 11 is 1.59. The zero-order chi connectivity index (χ0) is 18.1. The van der Waals surface area contributed by atoms with Crippen LogP contribution in [0.3, 0.4) is 0 Å². The molecule has 1 atom stereocenters. The van der Waals surface area contributed by atoms with E-state index in [1.165, 1.54) is 18.4 Å². The van der Waals surface area contributed by atoms with Gasteiger partial charge in [-0.1, -0.05) is 35.5 Å². The van der Waals surface area contributed by atoms with E-state index in [4.69, 9.17) is 4.42 Å². The number of rotatable bonds is 7. The van der Waals surface area contributed by atoms with Crippen LogP contribution < -0.4 is 0 Å². The van der Waals surface area contributed by atoms with E-state index in [0.29, 0.717) is 24.2 Å². The second-order valence-corrected chi connectivity index (χ2v) is 7.89. The van der Waals surface area contributed by atoms with Crippen LogP contribution in [0.15, 0.2) is 46.5 Å². The molecule has 1 aliphatic rings. The van der Waals surface area contributed by atoms with Crippen LogP contribution in [0.2, 0.25) is 0 Å². The Morgan fingerprint density at radius 2 is 2.00 bits per heavy atom. The summed E-state index contributed by atoms with van der Waals surface area (Å²) in [6.07, 6.45) is 4.27. The quantitative estimate of drug-likeness (QED) is 0.451. The minimum atomic E-state index is -0.0125. The molecule has 1 aliphatic carbocycles. The maximum atomic E-state index is 5.89. The van der Waals surface area contributed by atoms with E-state index in [9.17, 15) is 0 Å². The number of thioether (sulfide) groups is 1. The van der Waals surface area contributed by atoms with Crippen molar-refractivity contribution in [3.05, 3.63) is 54.2 Å². The Bertz CT molecular complexity index is 910. The second-order valence-electron chi connectivity index (χ2n) is 6.59. The molecule has 0 radical (unpaired) electrons. The summed E-state index contributed by atoms with van der Waals surface area (Å²) in [7, 11) is 0. The van der Waals surface area contributed by atoms with Crippen molar-refractivity contribution in [1.82, 2.24) is 25.0 Å². The van der Waals surface area contributed by atoms with E-state index in [1.54, 1.807) is 11.8 Å². The average molecular weight is 367 g/mol. The van der Waals surface area contributed by atoms with Gasteiger partial charge in [0.05, 0.1) is 5.25 Å². The molecular formula is C19H21N5OS. The topological polar surface area (TPSA) is 69.6 Å². The van der Waals surface area contributed by atoms with E-state index < -0.39 is 0 Å². The first kappa shape index (κ1) is 17.0. The second kappa shape index (κ2) is 7.07. The summed E-state index contributed by atoms with van der Waals surface area (Å²) in [5.41, 5.74) is 2.13. The minimum Gasteiger partial charge on any atom is -0.419 e. The number of nitrogens with zero attached hydrogens (tertiary/aromatic N) is 5. The Hall–Kier alpha value is -2.41. The predicted molar refractivity (Wildman–Crippen MR) is 101 cm³/mol. The van der Waals surface area contributed by atoms with Crippen LogP contribution in [0.25, 0.3) is 11.5 Å². The molecule has 1 unspecified atom stereocenters. The minimum absolute atomic E-state index is 0.0125. The van der Waals surface area contributed by atoms with Crippen molar-refractivity contribution in [1.29, 1.82) is 0 Å². The lowest BCUT2D eigenvalue weighted by Gasteiger charge is -2.09. The van der Waals surface area contributed by atoms with Crippen molar-refractivity contribution in [2.24, 2.45) is 0 Å². The average Bonchev–Trinajstić information content (AvgIpc) is 3.22. The zero-order valence-corrected chi connectivity index (χ0v) is 15.7. The van der Waals surface area contributed by atoms with Crippen molar-refractivity contribution in [2.75, 3.05) is 0 Å². The van der Waals surface area contributed by atoms with Gasteiger partial charge in [0.15, 0.2) is 5.16 Å². The van der Waals surface area contributed by atoms with Crippen LogP contribution in [-0.2, 0) is 6.54 Å². The van der Waals surface area contributed by atoms with Gasteiger partial charge < -0.3 is 8.98 Å². The lowest BCUT2D eigenvalue weighted by Crippen LogP contribution is -2.03. The standard InChI is InChI=1S/C19H21N5OS/c1-4-11-24-16(14-9-10-14)20-23-19(24)26-13(3)17-21-22-18(25-17)15-7-5-12(2)6-8-15/h4-8,13-14H,1,9-11H2,2-3H3. The first-order chi connectivity index (χ1) is 12.7. The fourth-order valence-corrected chi connectivity index (χ4v) is 3.65. The summed E-state index contributed by atoms with van der Waals surface area (Å²) in [5.74, 6) is 2.74. The molecule has 2 heterocycles. The molecule has 0 saturated heterocycles. The van der Waals surface area contributed by atoms with Gasteiger partial charge in [-0.15, -0.1) is 27.0 Å². The van der Waals surface area contributed by atoms with Crippen LogP contribution in [0.4, 0.5) is 0 Å². The molecule has 2 aromatic heterocycles. The Labute approximate surface area is 156 Å². The molecule has 6 nitrogen and oxygen atoms in total. The van der Waals surface area contributed by atoms with Gasteiger partial charge in [-0.3, -0.25) is 0 Å². The third kappa shape index (κ3) is 3.44. The van der Waals surface area contributed by atoms with E-state index in [0.717, 1.165) is 16.5 Å². The van der Waals surface area contributed by atoms with E-state index in [1.807, 2.05) is 37.3 Å². The summed E-state index contributed by atoms with van der Waals surface area (Å²) in [6, 6.07) is 8.06. The number of hydrogen-bond acceptors (Lipinski definition) is 6. The Balaban J connectivity index is 1.53. The van der Waals surface area contributed by atoms with Crippen molar-refractivity contribution in [3.63, 3.8) is 0 Å². The molecule has 134 valence electrons. The molecule has 1 aromatic carbocycles. The van der Waals surface area contributed by atoms with Gasteiger partial charge in [0.2, 0.25) is 11.8 Å². The lowest BCUT2D eigenvalue weighted by atomic mass is 10.1. The fourth-order valence-electron chi connectivity index (χ4n) is 2.75. The van der Waals surface area contributed by atoms with Gasteiger partial charge in [-0.05, 0) is 38.8 Å². The highest BCUT2D eigenvalue weighted by Crippen LogP contribution is 2.41. The molecule has 0 aliphatic heterocycles. The predicted octanol–water partition coefficient (Wildman–Crippen LogP) is 4.55. The maximum absolute atomic E-state index is 5.89. The SMILES string of the molecule is C=CCn1c(SC(C)c2nnc(-c3ccc(C)cc3)o2)nnc1C1CC1. The van der Waals surface area contributed by atoms with Crippen molar-refractivity contribution < 1.29 is 4.42 Å². The fraction of sp³-hybridized carbons (Fsp3) is 0.368. The van der Waals surface area contributed by atoms with E-state index in [-0.39, 0.29) is 5.25 Å². The highest BCUT2D eigenvalue weighted by Gasteiger charge is 2.31. The largest absolute Gasteiger partial charge is 0.419 e. The number of hydrogen-bond donors (Lipinski definition) is 0. The van der Waals surface area contributed by atoms with Gasteiger partial charge in [-0.2, -0.15) is 0 Å².